The molecule has 2 heterocycles. The third kappa shape index (κ3) is 5.53. The number of aliphatic hydroxyl groups excluding tert-OH is 1. The van der Waals surface area contributed by atoms with Crippen LogP contribution < -0.4 is 5.32 Å². The molecule has 0 bridgehead atoms. The van der Waals surface area contributed by atoms with E-state index in [1.807, 2.05) is 24.3 Å². The van der Waals surface area contributed by atoms with E-state index in [4.69, 9.17) is 11.6 Å². The third-order valence-corrected chi connectivity index (χ3v) is 5.77. The lowest BCUT2D eigenvalue weighted by molar-refractivity contribution is 0.0930. The van der Waals surface area contributed by atoms with Gasteiger partial charge in [-0.05, 0) is 60.0 Å². The molecule has 1 atom stereocenters. The number of carbonyl (C=O) groups excluding carboxylic acids is 1. The van der Waals surface area contributed by atoms with E-state index in [2.05, 4.69) is 15.3 Å². The van der Waals surface area contributed by atoms with Crippen molar-refractivity contribution in [3.05, 3.63) is 106 Å². The van der Waals surface area contributed by atoms with E-state index in [1.165, 1.54) is 12.1 Å². The van der Waals surface area contributed by atoms with E-state index in [9.17, 15) is 14.3 Å². The molecule has 0 spiro atoms. The SMILES string of the molecule is O=C(N[C@@H](CCO)Cc1ccccn1)c1cccc(Cl)c1C1=NCC(c2ccc(F)cc2)=C1. The number of benzene rings is 2. The molecular weight excluding hydrogens is 441 g/mol. The zero-order valence-corrected chi connectivity index (χ0v) is 18.6. The number of rotatable bonds is 8. The van der Waals surface area contributed by atoms with Crippen LogP contribution in [0.25, 0.3) is 5.57 Å². The van der Waals surface area contributed by atoms with Crippen molar-refractivity contribution < 1.29 is 14.3 Å². The first-order valence-corrected chi connectivity index (χ1v) is 11.0. The van der Waals surface area contributed by atoms with Gasteiger partial charge in [-0.2, -0.15) is 0 Å². The second-order valence-corrected chi connectivity index (χ2v) is 8.16. The Balaban J connectivity index is 1.58. The molecule has 7 heteroatoms. The van der Waals surface area contributed by atoms with Crippen LogP contribution in [0.5, 0.6) is 0 Å². The van der Waals surface area contributed by atoms with Crippen LogP contribution in [0.15, 0.2) is 77.9 Å². The Labute approximate surface area is 196 Å². The van der Waals surface area contributed by atoms with Crippen molar-refractivity contribution >= 4 is 28.8 Å². The molecule has 0 saturated carbocycles. The summed E-state index contributed by atoms with van der Waals surface area (Å²) in [6.45, 7) is 0.358. The Kier molecular flexibility index (Phi) is 7.27. The van der Waals surface area contributed by atoms with Crippen LogP contribution >= 0.6 is 11.6 Å². The van der Waals surface area contributed by atoms with Gasteiger partial charge in [-0.15, -0.1) is 0 Å². The van der Waals surface area contributed by atoms with Gasteiger partial charge < -0.3 is 10.4 Å². The number of nitrogens with one attached hydrogen (secondary N) is 1. The van der Waals surface area contributed by atoms with E-state index >= 15 is 0 Å². The highest BCUT2D eigenvalue weighted by Gasteiger charge is 2.23. The Bertz CT molecular complexity index is 1190. The molecular formula is C26H23ClFN3O2. The minimum atomic E-state index is -0.299. The summed E-state index contributed by atoms with van der Waals surface area (Å²) < 4.78 is 13.3. The maximum Gasteiger partial charge on any atom is 0.252 e. The first-order valence-electron chi connectivity index (χ1n) is 10.7. The molecule has 0 saturated heterocycles. The number of hydrogen-bond acceptors (Lipinski definition) is 4. The van der Waals surface area contributed by atoms with Gasteiger partial charge in [0.15, 0.2) is 0 Å². The second-order valence-electron chi connectivity index (χ2n) is 7.75. The van der Waals surface area contributed by atoms with Crippen LogP contribution in [0, 0.1) is 5.82 Å². The van der Waals surface area contributed by atoms with Gasteiger partial charge in [0.05, 0.1) is 22.8 Å². The summed E-state index contributed by atoms with van der Waals surface area (Å²) in [5.41, 5.74) is 4.18. The molecule has 0 aliphatic carbocycles. The molecule has 0 fully saturated rings. The van der Waals surface area contributed by atoms with Crippen molar-refractivity contribution in [3.8, 4) is 0 Å². The lowest BCUT2D eigenvalue weighted by Crippen LogP contribution is -2.38. The van der Waals surface area contributed by atoms with Crippen molar-refractivity contribution in [3.63, 3.8) is 0 Å². The van der Waals surface area contributed by atoms with Crippen LogP contribution in [0.3, 0.4) is 0 Å². The molecule has 3 aromatic rings. The van der Waals surface area contributed by atoms with Crippen molar-refractivity contribution in [2.24, 2.45) is 4.99 Å². The quantitative estimate of drug-likeness (QED) is 0.517. The number of aliphatic imine (C=N–C) groups is 1. The topological polar surface area (TPSA) is 74.6 Å². The Morgan fingerprint density at radius 2 is 1.94 bits per heavy atom. The second kappa shape index (κ2) is 10.5. The summed E-state index contributed by atoms with van der Waals surface area (Å²) in [5, 5.41) is 12.9. The zero-order valence-electron chi connectivity index (χ0n) is 17.8. The fourth-order valence-electron chi connectivity index (χ4n) is 3.81. The highest BCUT2D eigenvalue weighted by atomic mass is 35.5. The van der Waals surface area contributed by atoms with Gasteiger partial charge in [-0.25, -0.2) is 4.39 Å². The molecule has 2 N–H and O–H groups in total. The highest BCUT2D eigenvalue weighted by Crippen LogP contribution is 2.28. The number of halogens is 2. The average molecular weight is 464 g/mol. The molecule has 1 aromatic heterocycles. The first kappa shape index (κ1) is 22.8. The van der Waals surface area contributed by atoms with Crippen LogP contribution in [-0.4, -0.2) is 40.9 Å². The molecule has 168 valence electrons. The maximum atomic E-state index is 13.3. The smallest absolute Gasteiger partial charge is 0.252 e. The van der Waals surface area contributed by atoms with Crippen molar-refractivity contribution in [1.82, 2.24) is 10.3 Å². The average Bonchev–Trinajstić information content (AvgIpc) is 3.30. The lowest BCUT2D eigenvalue weighted by Gasteiger charge is -2.19. The van der Waals surface area contributed by atoms with E-state index in [0.29, 0.717) is 41.2 Å². The van der Waals surface area contributed by atoms with E-state index in [1.54, 1.807) is 36.5 Å². The maximum absolute atomic E-state index is 13.3. The molecule has 5 nitrogen and oxygen atoms in total. The summed E-state index contributed by atoms with van der Waals surface area (Å²) in [6.07, 6.45) is 4.47. The largest absolute Gasteiger partial charge is 0.396 e. The summed E-state index contributed by atoms with van der Waals surface area (Å²) in [4.78, 5) is 22.2. The summed E-state index contributed by atoms with van der Waals surface area (Å²) in [7, 11) is 0. The molecule has 0 unspecified atom stereocenters. The molecule has 1 aliphatic heterocycles. The number of pyridine rings is 1. The number of aliphatic hydroxyl groups is 1. The van der Waals surface area contributed by atoms with Gasteiger partial charge in [-0.3, -0.25) is 14.8 Å². The fourth-order valence-corrected chi connectivity index (χ4v) is 4.08. The predicted octanol–water partition coefficient (Wildman–Crippen LogP) is 4.48. The van der Waals surface area contributed by atoms with Gasteiger partial charge >= 0.3 is 0 Å². The number of nitrogens with zero attached hydrogens (tertiary/aromatic N) is 2. The minimum Gasteiger partial charge on any atom is -0.396 e. The minimum absolute atomic E-state index is 0.0589. The normalized spacial score (nSPS) is 13.9. The van der Waals surface area contributed by atoms with Crippen LogP contribution in [0.4, 0.5) is 4.39 Å². The predicted molar refractivity (Wildman–Crippen MR) is 128 cm³/mol. The Morgan fingerprint density at radius 1 is 1.12 bits per heavy atom. The number of amides is 1. The fraction of sp³-hybridized carbons (Fsp3) is 0.192. The molecule has 2 aromatic carbocycles. The lowest BCUT2D eigenvalue weighted by atomic mass is 9.99. The summed E-state index contributed by atoms with van der Waals surface area (Å²) in [6, 6.07) is 16.7. The van der Waals surface area contributed by atoms with E-state index in [-0.39, 0.29) is 24.4 Å². The van der Waals surface area contributed by atoms with Gasteiger partial charge in [0, 0.05) is 36.5 Å². The molecule has 0 radical (unpaired) electrons. The number of aromatic nitrogens is 1. The standard InChI is InChI=1S/C26H23ClFN3O2/c27-23-6-3-5-22(26(33)31-21(11-13-32)15-20-4-1-2-12-29-20)25(23)24-14-18(16-30-24)17-7-9-19(28)10-8-17/h1-10,12,14,21,32H,11,13,15-16H2,(H,31,33)/t21-/m0/s1. The van der Waals surface area contributed by atoms with Gasteiger partial charge in [0.2, 0.25) is 0 Å². The van der Waals surface area contributed by atoms with Crippen LogP contribution in [0.1, 0.15) is 33.6 Å². The van der Waals surface area contributed by atoms with Crippen molar-refractivity contribution in [2.75, 3.05) is 13.2 Å². The third-order valence-electron chi connectivity index (χ3n) is 5.45. The molecule has 4 rings (SSSR count). The molecule has 1 aliphatic rings. The van der Waals surface area contributed by atoms with Crippen molar-refractivity contribution in [2.45, 2.75) is 18.9 Å². The van der Waals surface area contributed by atoms with Gasteiger partial charge in [0.1, 0.15) is 5.82 Å². The number of allylic oxidation sites excluding steroid dienone is 1. The summed E-state index contributed by atoms with van der Waals surface area (Å²) in [5.74, 6) is -0.597. The van der Waals surface area contributed by atoms with Crippen molar-refractivity contribution in [1.29, 1.82) is 0 Å². The monoisotopic (exact) mass is 463 g/mol. The van der Waals surface area contributed by atoms with Gasteiger partial charge in [-0.1, -0.05) is 35.9 Å². The van der Waals surface area contributed by atoms with Gasteiger partial charge in [0.25, 0.3) is 5.91 Å². The molecule has 1 amide bonds. The van der Waals surface area contributed by atoms with Crippen LogP contribution in [-0.2, 0) is 6.42 Å². The first-order chi connectivity index (χ1) is 16.0. The Hall–Kier alpha value is -3.35. The van der Waals surface area contributed by atoms with E-state index < -0.39 is 0 Å². The zero-order chi connectivity index (χ0) is 23.2. The Morgan fingerprint density at radius 3 is 2.67 bits per heavy atom. The molecule has 33 heavy (non-hydrogen) atoms. The number of carbonyl (C=O) groups is 1. The number of hydrogen-bond donors (Lipinski definition) is 2. The highest BCUT2D eigenvalue weighted by molar-refractivity contribution is 6.37. The van der Waals surface area contributed by atoms with E-state index in [0.717, 1.165) is 16.8 Å². The van der Waals surface area contributed by atoms with Crippen LogP contribution in [0.2, 0.25) is 5.02 Å². The summed E-state index contributed by atoms with van der Waals surface area (Å²) >= 11 is 6.51.